The fraction of sp³-hybridized carbons (Fsp3) is 0.167. The number of fused-ring (bicyclic) bond motifs is 1. The van der Waals surface area contributed by atoms with E-state index in [1.807, 2.05) is 36.6 Å². The molecule has 0 spiro atoms. The van der Waals surface area contributed by atoms with Crippen LogP contribution in [0.4, 0.5) is 4.79 Å². The molecular weight excluding hydrogens is 244 g/mol. The molecule has 2 rings (SSSR count). The van der Waals surface area contributed by atoms with Gasteiger partial charge < -0.3 is 0 Å². The summed E-state index contributed by atoms with van der Waals surface area (Å²) in [5.41, 5.74) is 7.71. The number of nitrogens with one attached hydrogen (secondary N) is 2. The van der Waals surface area contributed by atoms with E-state index in [4.69, 9.17) is 5.84 Å². The van der Waals surface area contributed by atoms with Crippen molar-refractivity contribution in [2.24, 2.45) is 10.9 Å². The third kappa shape index (κ3) is 2.83. The van der Waals surface area contributed by atoms with Crippen molar-refractivity contribution in [3.05, 3.63) is 35.7 Å². The van der Waals surface area contributed by atoms with Crippen molar-refractivity contribution in [3.8, 4) is 0 Å². The van der Waals surface area contributed by atoms with Crippen molar-refractivity contribution < 1.29 is 4.79 Å². The molecule has 1 aromatic carbocycles. The van der Waals surface area contributed by atoms with Crippen LogP contribution in [0, 0.1) is 6.92 Å². The van der Waals surface area contributed by atoms with Crippen molar-refractivity contribution >= 4 is 22.8 Å². The van der Waals surface area contributed by atoms with Crippen LogP contribution in [-0.2, 0) is 0 Å². The van der Waals surface area contributed by atoms with Gasteiger partial charge in [0.15, 0.2) is 0 Å². The Hall–Kier alpha value is -2.54. The maximum atomic E-state index is 11.0. The van der Waals surface area contributed by atoms with E-state index in [0.29, 0.717) is 11.4 Å². The first-order chi connectivity index (χ1) is 9.11. The lowest BCUT2D eigenvalue weighted by atomic mass is 10.2. The average molecular weight is 258 g/mol. The second kappa shape index (κ2) is 5.40. The zero-order valence-electron chi connectivity index (χ0n) is 10.6. The number of carbonyl (C=O) groups excluding carboxylic acids is 1. The first-order valence-electron chi connectivity index (χ1n) is 5.66. The zero-order chi connectivity index (χ0) is 13.8. The van der Waals surface area contributed by atoms with Crippen LogP contribution in [0.15, 0.2) is 29.4 Å². The van der Waals surface area contributed by atoms with Gasteiger partial charge in [0.25, 0.3) is 0 Å². The van der Waals surface area contributed by atoms with E-state index in [9.17, 15) is 4.79 Å². The van der Waals surface area contributed by atoms with Gasteiger partial charge in [-0.25, -0.2) is 26.0 Å². The van der Waals surface area contributed by atoms with E-state index in [-0.39, 0.29) is 0 Å². The molecule has 98 valence electrons. The molecule has 0 aliphatic heterocycles. The van der Waals surface area contributed by atoms with Crippen LogP contribution >= 0.6 is 0 Å². The number of hydrogen-bond acceptors (Lipinski definition) is 5. The highest BCUT2D eigenvalue weighted by atomic mass is 16.2. The number of aromatic nitrogens is 2. The number of para-hydroxylation sites is 2. The normalized spacial score (nSPS) is 11.4. The lowest BCUT2D eigenvalue weighted by Crippen LogP contribution is -2.37. The summed E-state index contributed by atoms with van der Waals surface area (Å²) < 4.78 is 0. The Morgan fingerprint density at radius 3 is 2.53 bits per heavy atom. The number of nitrogens with zero attached hydrogens (tertiary/aromatic N) is 3. The van der Waals surface area contributed by atoms with Crippen molar-refractivity contribution in [1.82, 2.24) is 20.8 Å². The Morgan fingerprint density at radius 2 is 1.89 bits per heavy atom. The molecule has 0 unspecified atom stereocenters. The van der Waals surface area contributed by atoms with Gasteiger partial charge in [-0.05, 0) is 26.0 Å². The summed E-state index contributed by atoms with van der Waals surface area (Å²) in [5, 5.41) is 3.90. The number of hydrazone groups is 1. The molecule has 2 amide bonds. The number of aryl methyl sites for hydroxylation is 1. The van der Waals surface area contributed by atoms with Gasteiger partial charge in [-0.15, -0.1) is 0 Å². The van der Waals surface area contributed by atoms with Crippen LogP contribution in [0.5, 0.6) is 0 Å². The number of amides is 2. The molecule has 1 heterocycles. The van der Waals surface area contributed by atoms with Gasteiger partial charge in [0.1, 0.15) is 5.69 Å². The molecule has 1 aromatic heterocycles. The van der Waals surface area contributed by atoms with E-state index >= 15 is 0 Å². The quantitative estimate of drug-likeness (QED) is 0.321. The predicted molar refractivity (Wildman–Crippen MR) is 72.3 cm³/mol. The second-order valence-electron chi connectivity index (χ2n) is 3.93. The van der Waals surface area contributed by atoms with Crippen LogP contribution in [-0.4, -0.2) is 21.7 Å². The monoisotopic (exact) mass is 258 g/mol. The number of carbonyl (C=O) groups is 1. The van der Waals surface area contributed by atoms with Crippen LogP contribution < -0.4 is 16.7 Å². The maximum absolute atomic E-state index is 11.0. The summed E-state index contributed by atoms with van der Waals surface area (Å²) >= 11 is 0. The predicted octanol–water partition coefficient (Wildman–Crippen LogP) is 0.835. The molecule has 2 aromatic rings. The minimum atomic E-state index is -0.592. The summed E-state index contributed by atoms with van der Waals surface area (Å²) in [6.07, 6.45) is 0. The van der Waals surface area contributed by atoms with Crippen molar-refractivity contribution in [2.75, 3.05) is 0 Å². The van der Waals surface area contributed by atoms with Crippen LogP contribution in [0.2, 0.25) is 0 Å². The smallest absolute Gasteiger partial charge is 0.274 e. The number of hydrazine groups is 1. The second-order valence-corrected chi connectivity index (χ2v) is 3.93. The fourth-order valence-corrected chi connectivity index (χ4v) is 1.65. The zero-order valence-corrected chi connectivity index (χ0v) is 10.6. The summed E-state index contributed by atoms with van der Waals surface area (Å²) in [5.74, 6) is 4.94. The first kappa shape index (κ1) is 12.9. The first-order valence-corrected chi connectivity index (χ1v) is 5.66. The number of hydrogen-bond donors (Lipinski definition) is 3. The van der Waals surface area contributed by atoms with Crippen molar-refractivity contribution in [3.63, 3.8) is 0 Å². The molecule has 0 saturated carbocycles. The molecule has 0 fully saturated rings. The highest BCUT2D eigenvalue weighted by Gasteiger charge is 2.08. The largest absolute Gasteiger partial charge is 0.349 e. The lowest BCUT2D eigenvalue weighted by molar-refractivity contribution is 0.241. The summed E-state index contributed by atoms with van der Waals surface area (Å²) in [7, 11) is 0. The van der Waals surface area contributed by atoms with Crippen molar-refractivity contribution in [2.45, 2.75) is 13.8 Å². The Morgan fingerprint density at radius 1 is 1.26 bits per heavy atom. The topological polar surface area (TPSA) is 105 Å². The Kier molecular flexibility index (Phi) is 3.67. The number of rotatable bonds is 2. The van der Waals surface area contributed by atoms with E-state index < -0.39 is 6.03 Å². The van der Waals surface area contributed by atoms with E-state index in [1.54, 1.807) is 6.92 Å². The Balaban J connectivity index is 2.38. The molecule has 0 aliphatic rings. The molecule has 7 nitrogen and oxygen atoms in total. The van der Waals surface area contributed by atoms with Gasteiger partial charge in [-0.3, -0.25) is 5.43 Å². The molecule has 0 radical (unpaired) electrons. The van der Waals surface area contributed by atoms with E-state index in [0.717, 1.165) is 16.7 Å². The van der Waals surface area contributed by atoms with Gasteiger partial charge in [0.05, 0.1) is 22.4 Å². The molecule has 4 N–H and O–H groups in total. The third-order valence-electron chi connectivity index (χ3n) is 2.54. The standard InChI is InChI=1S/C12H14N6O/c1-7-11(8(2)17-18-12(19)16-13)15-10-6-4-3-5-9(10)14-7/h3-6H,13H2,1-2H3,(H2,16,18,19)/b17-8+. The van der Waals surface area contributed by atoms with Crippen LogP contribution in [0.1, 0.15) is 18.3 Å². The van der Waals surface area contributed by atoms with E-state index in [2.05, 4.69) is 20.5 Å². The van der Waals surface area contributed by atoms with Gasteiger partial charge in [-0.2, -0.15) is 5.10 Å². The number of benzene rings is 1. The molecule has 0 atom stereocenters. The van der Waals surface area contributed by atoms with Crippen LogP contribution in [0.3, 0.4) is 0 Å². The minimum absolute atomic E-state index is 0.555. The van der Waals surface area contributed by atoms with Gasteiger partial charge in [0, 0.05) is 0 Å². The molecule has 0 aliphatic carbocycles. The summed E-state index contributed by atoms with van der Waals surface area (Å²) in [6, 6.07) is 6.97. The Bertz CT molecular complexity index is 652. The Labute approximate surface area is 109 Å². The van der Waals surface area contributed by atoms with Gasteiger partial charge >= 0.3 is 6.03 Å². The van der Waals surface area contributed by atoms with Gasteiger partial charge in [0.2, 0.25) is 0 Å². The average Bonchev–Trinajstić information content (AvgIpc) is 2.43. The van der Waals surface area contributed by atoms with E-state index in [1.165, 1.54) is 0 Å². The van der Waals surface area contributed by atoms with Crippen LogP contribution in [0.25, 0.3) is 11.0 Å². The highest BCUT2D eigenvalue weighted by Crippen LogP contribution is 2.12. The van der Waals surface area contributed by atoms with Gasteiger partial charge in [-0.1, -0.05) is 12.1 Å². The minimum Gasteiger partial charge on any atom is -0.274 e. The third-order valence-corrected chi connectivity index (χ3v) is 2.54. The van der Waals surface area contributed by atoms with Crippen molar-refractivity contribution in [1.29, 1.82) is 0 Å². The highest BCUT2D eigenvalue weighted by molar-refractivity contribution is 5.99. The number of nitrogens with two attached hydrogens (primary N) is 1. The molecule has 0 bridgehead atoms. The maximum Gasteiger partial charge on any atom is 0.349 e. The summed E-state index contributed by atoms with van der Waals surface area (Å²) in [4.78, 5) is 19.9. The molecule has 19 heavy (non-hydrogen) atoms. The number of urea groups is 1. The summed E-state index contributed by atoms with van der Waals surface area (Å²) in [6.45, 7) is 3.58. The SMILES string of the molecule is C/C(=N\NC(=O)NN)c1nc2ccccc2nc1C. The fourth-order valence-electron chi connectivity index (χ4n) is 1.65. The molecular formula is C12H14N6O. The lowest BCUT2D eigenvalue weighted by Gasteiger charge is -2.06. The molecule has 0 saturated heterocycles. The molecule has 7 heteroatoms.